The number of methoxy groups -OCH3 is 1. The second-order valence-electron chi connectivity index (χ2n) is 4.89. The lowest BCUT2D eigenvalue weighted by atomic mass is 10.1. The maximum Gasteiger partial charge on any atom is 0.326 e. The lowest BCUT2D eigenvalue weighted by molar-refractivity contribution is -0.139. The lowest BCUT2D eigenvalue weighted by Crippen LogP contribution is -2.41. The summed E-state index contributed by atoms with van der Waals surface area (Å²) >= 11 is 5.88. The van der Waals surface area contributed by atoms with Crippen molar-refractivity contribution in [2.24, 2.45) is 5.92 Å². The molecule has 0 bridgehead atoms. The molecular formula is C14H16ClNO4. The molecule has 1 saturated carbocycles. The maximum absolute atomic E-state index is 12.1. The first-order valence-electron chi connectivity index (χ1n) is 6.38. The van der Waals surface area contributed by atoms with E-state index in [-0.39, 0.29) is 0 Å². The number of hydrogen-bond acceptors (Lipinski definition) is 3. The van der Waals surface area contributed by atoms with Crippen molar-refractivity contribution in [1.29, 1.82) is 0 Å². The van der Waals surface area contributed by atoms with Crippen LogP contribution >= 0.6 is 11.6 Å². The van der Waals surface area contributed by atoms with E-state index in [9.17, 15) is 9.59 Å². The molecule has 5 nitrogen and oxygen atoms in total. The first-order valence-corrected chi connectivity index (χ1v) is 6.76. The molecule has 1 aliphatic carbocycles. The molecule has 1 fully saturated rings. The standard InChI is InChI=1S/C14H16ClNO4/c1-20-12-7-9(4-5-10(12)15)13(17)16-11(14(18)19)6-8-2-3-8/h4-5,7-8,11H,2-3,6H2,1H3,(H,16,17)(H,18,19). The quantitative estimate of drug-likeness (QED) is 0.845. The van der Waals surface area contributed by atoms with Crippen LogP contribution in [0.5, 0.6) is 5.75 Å². The molecule has 1 atom stereocenters. The molecule has 0 radical (unpaired) electrons. The summed E-state index contributed by atoms with van der Waals surface area (Å²) in [5.41, 5.74) is 0.327. The molecule has 0 spiro atoms. The number of benzene rings is 1. The highest BCUT2D eigenvalue weighted by molar-refractivity contribution is 6.32. The Hall–Kier alpha value is -1.75. The highest BCUT2D eigenvalue weighted by Gasteiger charge is 2.30. The van der Waals surface area contributed by atoms with Gasteiger partial charge in [-0.2, -0.15) is 0 Å². The Kier molecular flexibility index (Phi) is 4.49. The van der Waals surface area contributed by atoms with Gasteiger partial charge in [0.25, 0.3) is 5.91 Å². The molecule has 1 unspecified atom stereocenters. The fourth-order valence-electron chi connectivity index (χ4n) is 1.95. The molecule has 1 aromatic rings. The van der Waals surface area contributed by atoms with Crippen molar-refractivity contribution in [2.75, 3.05) is 7.11 Å². The van der Waals surface area contributed by atoms with Crippen molar-refractivity contribution in [3.63, 3.8) is 0 Å². The van der Waals surface area contributed by atoms with Crippen LogP contribution in [0.4, 0.5) is 0 Å². The van der Waals surface area contributed by atoms with Gasteiger partial charge in [-0.25, -0.2) is 4.79 Å². The van der Waals surface area contributed by atoms with Crippen LogP contribution in [0.25, 0.3) is 0 Å². The highest BCUT2D eigenvalue weighted by Crippen LogP contribution is 2.33. The number of carbonyl (C=O) groups excluding carboxylic acids is 1. The fourth-order valence-corrected chi connectivity index (χ4v) is 2.15. The summed E-state index contributed by atoms with van der Waals surface area (Å²) in [6.45, 7) is 0. The Morgan fingerprint density at radius 1 is 1.50 bits per heavy atom. The normalized spacial score (nSPS) is 15.5. The van der Waals surface area contributed by atoms with E-state index in [4.69, 9.17) is 21.4 Å². The van der Waals surface area contributed by atoms with Gasteiger partial charge >= 0.3 is 5.97 Å². The minimum absolute atomic E-state index is 0.327. The summed E-state index contributed by atoms with van der Waals surface area (Å²) in [6.07, 6.45) is 2.55. The average Bonchev–Trinajstić information content (AvgIpc) is 3.22. The topological polar surface area (TPSA) is 75.6 Å². The van der Waals surface area contributed by atoms with Crippen LogP contribution in [0.1, 0.15) is 29.6 Å². The number of aliphatic carboxylic acids is 1. The van der Waals surface area contributed by atoms with Crippen molar-refractivity contribution in [3.05, 3.63) is 28.8 Å². The molecule has 0 heterocycles. The second kappa shape index (κ2) is 6.13. The zero-order valence-electron chi connectivity index (χ0n) is 11.1. The van der Waals surface area contributed by atoms with Gasteiger partial charge in [-0.1, -0.05) is 24.4 Å². The average molecular weight is 298 g/mol. The minimum Gasteiger partial charge on any atom is -0.495 e. The van der Waals surface area contributed by atoms with Crippen LogP contribution < -0.4 is 10.1 Å². The molecule has 2 rings (SSSR count). The summed E-state index contributed by atoms with van der Waals surface area (Å²) in [5.74, 6) is -0.649. The smallest absolute Gasteiger partial charge is 0.326 e. The van der Waals surface area contributed by atoms with Crippen LogP contribution in [0.3, 0.4) is 0 Å². The summed E-state index contributed by atoms with van der Waals surface area (Å²) in [4.78, 5) is 23.2. The zero-order valence-corrected chi connectivity index (χ0v) is 11.8. The van der Waals surface area contributed by atoms with Gasteiger partial charge in [-0.3, -0.25) is 4.79 Å². The number of halogens is 1. The minimum atomic E-state index is -1.01. The van der Waals surface area contributed by atoms with Gasteiger partial charge in [0.2, 0.25) is 0 Å². The molecule has 6 heteroatoms. The van der Waals surface area contributed by atoms with Gasteiger partial charge in [0, 0.05) is 5.56 Å². The first kappa shape index (κ1) is 14.7. The largest absolute Gasteiger partial charge is 0.495 e. The molecule has 0 aromatic heterocycles. The zero-order chi connectivity index (χ0) is 14.7. The predicted molar refractivity (Wildman–Crippen MR) is 74.2 cm³/mol. The van der Waals surface area contributed by atoms with Gasteiger partial charge in [-0.05, 0) is 30.5 Å². The Morgan fingerprint density at radius 3 is 2.75 bits per heavy atom. The Balaban J connectivity index is 2.07. The van der Waals surface area contributed by atoms with Gasteiger partial charge < -0.3 is 15.2 Å². The molecule has 1 aromatic carbocycles. The molecule has 2 N–H and O–H groups in total. The molecule has 0 saturated heterocycles. The highest BCUT2D eigenvalue weighted by atomic mass is 35.5. The number of nitrogens with one attached hydrogen (secondary N) is 1. The Labute approximate surface area is 121 Å². The number of amides is 1. The molecule has 0 aliphatic heterocycles. The van der Waals surface area contributed by atoms with Crippen LogP contribution in [-0.4, -0.2) is 30.1 Å². The number of carboxylic acid groups (broad SMARTS) is 1. The Bertz CT molecular complexity index is 528. The van der Waals surface area contributed by atoms with E-state index in [0.717, 1.165) is 12.8 Å². The summed E-state index contributed by atoms with van der Waals surface area (Å²) in [6, 6.07) is 3.73. The number of ether oxygens (including phenoxy) is 1. The van der Waals surface area contributed by atoms with Crippen molar-refractivity contribution in [1.82, 2.24) is 5.32 Å². The molecule has 20 heavy (non-hydrogen) atoms. The molecule has 108 valence electrons. The van der Waals surface area contributed by atoms with Crippen molar-refractivity contribution < 1.29 is 19.4 Å². The van der Waals surface area contributed by atoms with Gasteiger partial charge in [-0.15, -0.1) is 0 Å². The number of carbonyl (C=O) groups is 2. The van der Waals surface area contributed by atoms with E-state index in [2.05, 4.69) is 5.32 Å². The SMILES string of the molecule is COc1cc(C(=O)NC(CC2CC2)C(=O)O)ccc1Cl. The van der Waals surface area contributed by atoms with Crippen LogP contribution in [0, 0.1) is 5.92 Å². The number of hydrogen-bond donors (Lipinski definition) is 2. The van der Waals surface area contributed by atoms with Crippen LogP contribution in [0.2, 0.25) is 5.02 Å². The second-order valence-corrected chi connectivity index (χ2v) is 5.30. The van der Waals surface area contributed by atoms with Gasteiger partial charge in [0.05, 0.1) is 12.1 Å². The predicted octanol–water partition coefficient (Wildman–Crippen LogP) is 2.33. The Morgan fingerprint density at radius 2 is 2.20 bits per heavy atom. The van der Waals surface area contributed by atoms with Gasteiger partial charge in [0.1, 0.15) is 11.8 Å². The number of rotatable bonds is 6. The molecule has 1 aliphatic rings. The summed E-state index contributed by atoms with van der Waals surface area (Å²) < 4.78 is 5.03. The van der Waals surface area contributed by atoms with Gasteiger partial charge in [0.15, 0.2) is 0 Å². The first-order chi connectivity index (χ1) is 9.51. The van der Waals surface area contributed by atoms with E-state index < -0.39 is 17.9 Å². The van der Waals surface area contributed by atoms with Crippen LogP contribution in [0.15, 0.2) is 18.2 Å². The van der Waals surface area contributed by atoms with E-state index in [1.165, 1.54) is 19.2 Å². The maximum atomic E-state index is 12.1. The third kappa shape index (κ3) is 3.63. The fraction of sp³-hybridized carbons (Fsp3) is 0.429. The molecule has 1 amide bonds. The third-order valence-corrected chi connectivity index (χ3v) is 3.59. The van der Waals surface area contributed by atoms with Crippen molar-refractivity contribution >= 4 is 23.5 Å². The summed E-state index contributed by atoms with van der Waals surface area (Å²) in [5, 5.41) is 12.1. The monoisotopic (exact) mass is 297 g/mol. The van der Waals surface area contributed by atoms with Crippen molar-refractivity contribution in [3.8, 4) is 5.75 Å². The van der Waals surface area contributed by atoms with Crippen LogP contribution in [-0.2, 0) is 4.79 Å². The molecular weight excluding hydrogens is 282 g/mol. The number of carboxylic acids is 1. The summed E-state index contributed by atoms with van der Waals surface area (Å²) in [7, 11) is 1.45. The van der Waals surface area contributed by atoms with E-state index in [0.29, 0.717) is 28.7 Å². The van der Waals surface area contributed by atoms with E-state index in [1.54, 1.807) is 6.07 Å². The van der Waals surface area contributed by atoms with E-state index in [1.807, 2.05) is 0 Å². The lowest BCUT2D eigenvalue weighted by Gasteiger charge is -2.14. The van der Waals surface area contributed by atoms with E-state index >= 15 is 0 Å². The third-order valence-electron chi connectivity index (χ3n) is 3.28. The van der Waals surface area contributed by atoms with Crippen molar-refractivity contribution in [2.45, 2.75) is 25.3 Å².